The maximum Gasteiger partial charge on any atom is 0.705 e. The van der Waals surface area contributed by atoms with E-state index in [1.807, 2.05) is 0 Å². The molecule has 1 aromatic carbocycles. The van der Waals surface area contributed by atoms with Crippen molar-refractivity contribution in [2.75, 3.05) is 0 Å². The minimum absolute atomic E-state index is 0.0499. The molecule has 0 aromatic heterocycles. The van der Waals surface area contributed by atoms with Crippen LogP contribution in [0.2, 0.25) is 6.04 Å². The normalized spacial score (nSPS) is 11.6. The monoisotopic (exact) mass is 420 g/mol. The highest BCUT2D eigenvalue weighted by Crippen LogP contribution is 2.30. The number of alkyl halides is 3. The lowest BCUT2D eigenvalue weighted by atomic mass is 10.0. The maximum atomic E-state index is 12.7. The molecule has 156 valence electrons. The van der Waals surface area contributed by atoms with Gasteiger partial charge in [-0.2, -0.15) is 13.2 Å². The Balaban J connectivity index is 2.65. The summed E-state index contributed by atoms with van der Waals surface area (Å²) in [5.74, 6) is -2.21. The fourth-order valence-electron chi connectivity index (χ4n) is 2.62. The Morgan fingerprint density at radius 3 is 1.89 bits per heavy atom. The molecule has 0 aliphatic heterocycles. The van der Waals surface area contributed by atoms with Gasteiger partial charge in [-0.3, -0.25) is 14.4 Å². The van der Waals surface area contributed by atoms with Crippen molar-refractivity contribution in [3.05, 3.63) is 35.4 Å². The summed E-state index contributed by atoms with van der Waals surface area (Å²) < 4.78 is 53.4. The average molecular weight is 420 g/mol. The molecule has 0 radical (unpaired) electrons. The minimum Gasteiger partial charge on any atom is -0.455 e. The summed E-state index contributed by atoms with van der Waals surface area (Å²) >= 11 is 0. The molecule has 1 aromatic rings. The van der Waals surface area contributed by atoms with E-state index >= 15 is 0 Å². The van der Waals surface area contributed by atoms with Crippen LogP contribution in [0.5, 0.6) is 0 Å². The fraction of sp³-hybridized carbons (Fsp3) is 0.500. The quantitative estimate of drug-likeness (QED) is 0.443. The van der Waals surface area contributed by atoms with E-state index in [9.17, 15) is 27.6 Å². The largest absolute Gasteiger partial charge is 0.705 e. The predicted molar refractivity (Wildman–Crippen MR) is 94.9 cm³/mol. The van der Waals surface area contributed by atoms with Gasteiger partial charge in [-0.15, -0.1) is 0 Å². The highest BCUT2D eigenvalue weighted by atomic mass is 28.4. The molecular formula is C18H23F3O6Si. The fourth-order valence-corrected chi connectivity index (χ4v) is 5.05. The maximum absolute atomic E-state index is 12.7. The molecule has 0 atom stereocenters. The van der Waals surface area contributed by atoms with Crippen LogP contribution in [-0.4, -0.2) is 26.7 Å². The van der Waals surface area contributed by atoms with Gasteiger partial charge in [-0.1, -0.05) is 24.6 Å². The van der Waals surface area contributed by atoms with Gasteiger partial charge in [0.25, 0.3) is 17.9 Å². The van der Waals surface area contributed by atoms with Gasteiger partial charge in [0, 0.05) is 20.8 Å². The third-order valence-corrected chi connectivity index (χ3v) is 6.36. The molecule has 10 heteroatoms. The predicted octanol–water partition coefficient (Wildman–Crippen LogP) is 4.05. The molecule has 0 bridgehead atoms. The Morgan fingerprint density at radius 1 is 0.893 bits per heavy atom. The Hall–Kier alpha value is -2.36. The van der Waals surface area contributed by atoms with Gasteiger partial charge in [0.1, 0.15) is 0 Å². The number of hydrogen-bond acceptors (Lipinski definition) is 6. The van der Waals surface area contributed by atoms with E-state index in [1.54, 1.807) is 6.07 Å². The van der Waals surface area contributed by atoms with Gasteiger partial charge < -0.3 is 13.3 Å². The summed E-state index contributed by atoms with van der Waals surface area (Å²) in [6, 6.07) is 5.15. The van der Waals surface area contributed by atoms with E-state index in [0.717, 1.165) is 32.9 Å². The highest BCUT2D eigenvalue weighted by molar-refractivity contribution is 6.65. The number of halogens is 3. The van der Waals surface area contributed by atoms with E-state index < -0.39 is 38.5 Å². The first-order valence-corrected chi connectivity index (χ1v) is 10.6. The van der Waals surface area contributed by atoms with E-state index in [-0.39, 0.29) is 6.04 Å². The first-order chi connectivity index (χ1) is 12.9. The van der Waals surface area contributed by atoms with Crippen molar-refractivity contribution >= 4 is 26.7 Å². The second kappa shape index (κ2) is 10.3. The lowest BCUT2D eigenvalue weighted by Crippen LogP contribution is -2.49. The molecule has 0 fully saturated rings. The third-order valence-electron chi connectivity index (χ3n) is 3.60. The second-order valence-electron chi connectivity index (χ2n) is 6.22. The van der Waals surface area contributed by atoms with Crippen LogP contribution >= 0.6 is 0 Å². The molecule has 1 rings (SSSR count). The number of aryl methyl sites for hydroxylation is 1. The van der Waals surface area contributed by atoms with Crippen molar-refractivity contribution in [2.24, 2.45) is 0 Å². The average Bonchev–Trinajstić information content (AvgIpc) is 2.52. The van der Waals surface area contributed by atoms with Crippen LogP contribution in [0.15, 0.2) is 24.3 Å². The van der Waals surface area contributed by atoms with E-state index in [0.29, 0.717) is 31.2 Å². The lowest BCUT2D eigenvalue weighted by molar-refractivity contribution is -0.148. The summed E-state index contributed by atoms with van der Waals surface area (Å²) in [6.45, 7) is 3.34. The SMILES string of the molecule is CC(=O)O[Si](CCCCCc1cccc(C(F)(F)F)c1)(OC(C)=O)OC(C)=O. The van der Waals surface area contributed by atoms with Gasteiger partial charge in [0.2, 0.25) is 0 Å². The van der Waals surface area contributed by atoms with E-state index in [4.69, 9.17) is 13.3 Å². The topological polar surface area (TPSA) is 78.9 Å². The van der Waals surface area contributed by atoms with Crippen molar-refractivity contribution in [1.82, 2.24) is 0 Å². The molecule has 0 heterocycles. The molecule has 28 heavy (non-hydrogen) atoms. The summed E-state index contributed by atoms with van der Waals surface area (Å²) in [5, 5.41) is 0. The molecule has 6 nitrogen and oxygen atoms in total. The van der Waals surface area contributed by atoms with Crippen LogP contribution in [0.1, 0.15) is 51.2 Å². The number of rotatable bonds is 9. The third kappa shape index (κ3) is 8.55. The summed E-state index contributed by atoms with van der Waals surface area (Å²) in [7, 11) is -3.85. The van der Waals surface area contributed by atoms with Gasteiger partial charge in [0.15, 0.2) is 0 Å². The van der Waals surface area contributed by atoms with Crippen LogP contribution in [0, 0.1) is 0 Å². The zero-order chi connectivity index (χ0) is 21.4. The molecule has 0 aliphatic rings. The molecule has 0 N–H and O–H groups in total. The van der Waals surface area contributed by atoms with Crippen LogP contribution in [0.3, 0.4) is 0 Å². The molecule has 0 saturated carbocycles. The standard InChI is InChI=1S/C18H23F3O6Si/c1-13(22)25-28(26-14(2)23,27-15(3)24)11-6-4-5-8-16-9-7-10-17(12-16)18(19,20)21/h7,9-10,12H,4-6,8,11H2,1-3H3. The first-order valence-electron chi connectivity index (χ1n) is 8.68. The van der Waals surface area contributed by atoms with Crippen molar-refractivity contribution in [3.8, 4) is 0 Å². The van der Waals surface area contributed by atoms with Gasteiger partial charge >= 0.3 is 15.0 Å². The Kier molecular flexibility index (Phi) is 8.67. The molecule has 0 unspecified atom stereocenters. The summed E-state index contributed by atoms with van der Waals surface area (Å²) in [4.78, 5) is 34.0. The first kappa shape index (κ1) is 23.7. The van der Waals surface area contributed by atoms with E-state index in [2.05, 4.69) is 0 Å². The zero-order valence-electron chi connectivity index (χ0n) is 15.9. The minimum atomic E-state index is -4.39. The lowest BCUT2D eigenvalue weighted by Gasteiger charge is -2.26. The molecular weight excluding hydrogens is 397 g/mol. The van der Waals surface area contributed by atoms with Crippen LogP contribution in [-0.2, 0) is 40.3 Å². The highest BCUT2D eigenvalue weighted by Gasteiger charge is 2.51. The Labute approximate surface area is 162 Å². The Bertz CT molecular complexity index is 664. The number of hydrogen-bond donors (Lipinski definition) is 0. The van der Waals surface area contributed by atoms with Crippen molar-refractivity contribution < 1.29 is 40.8 Å². The second-order valence-corrected chi connectivity index (χ2v) is 8.70. The molecule has 0 saturated heterocycles. The zero-order valence-corrected chi connectivity index (χ0v) is 16.9. The Morgan fingerprint density at radius 2 is 1.43 bits per heavy atom. The van der Waals surface area contributed by atoms with Crippen LogP contribution in [0.25, 0.3) is 0 Å². The smallest absolute Gasteiger partial charge is 0.455 e. The van der Waals surface area contributed by atoms with Crippen LogP contribution < -0.4 is 0 Å². The molecule has 0 spiro atoms. The molecule has 0 amide bonds. The number of carbonyl (C=O) groups excluding carboxylic acids is 3. The number of carbonyl (C=O) groups is 3. The number of benzene rings is 1. The summed E-state index contributed by atoms with van der Waals surface area (Å²) in [6.07, 6.45) is -2.45. The van der Waals surface area contributed by atoms with Crippen molar-refractivity contribution in [2.45, 2.75) is 58.7 Å². The van der Waals surface area contributed by atoms with Gasteiger partial charge in [-0.05, 0) is 30.9 Å². The van der Waals surface area contributed by atoms with Crippen molar-refractivity contribution in [3.63, 3.8) is 0 Å². The van der Waals surface area contributed by atoms with Crippen LogP contribution in [0.4, 0.5) is 13.2 Å². The molecule has 0 aliphatic carbocycles. The summed E-state index contributed by atoms with van der Waals surface area (Å²) in [5.41, 5.74) is -0.144. The van der Waals surface area contributed by atoms with E-state index in [1.165, 1.54) is 6.07 Å². The number of unbranched alkanes of at least 4 members (excludes halogenated alkanes) is 2. The van der Waals surface area contributed by atoms with Gasteiger partial charge in [0.05, 0.1) is 11.6 Å². The van der Waals surface area contributed by atoms with Crippen molar-refractivity contribution in [1.29, 1.82) is 0 Å². The van der Waals surface area contributed by atoms with Gasteiger partial charge in [-0.25, -0.2) is 0 Å².